The van der Waals surface area contributed by atoms with Gasteiger partial charge in [0.2, 0.25) is 0 Å². The van der Waals surface area contributed by atoms with Crippen molar-refractivity contribution in [3.63, 3.8) is 0 Å². The minimum atomic E-state index is 0.257. The molecule has 0 fully saturated rings. The van der Waals surface area contributed by atoms with E-state index in [0.29, 0.717) is 0 Å². The van der Waals surface area contributed by atoms with Crippen LogP contribution in [0.15, 0.2) is 35.9 Å². The van der Waals surface area contributed by atoms with Crippen LogP contribution in [0.1, 0.15) is 24.8 Å². The normalized spacial score (nSPS) is 21.2. The van der Waals surface area contributed by atoms with Gasteiger partial charge in [0.15, 0.2) is 0 Å². The summed E-state index contributed by atoms with van der Waals surface area (Å²) in [5, 5.41) is 0.813. The van der Waals surface area contributed by atoms with Crippen LogP contribution in [0.5, 0.6) is 0 Å². The molecule has 2 N–H and O–H groups in total. The van der Waals surface area contributed by atoms with Crippen molar-refractivity contribution in [2.45, 2.75) is 31.7 Å². The van der Waals surface area contributed by atoms with Crippen LogP contribution in [-0.4, -0.2) is 6.04 Å². The third-order valence-electron chi connectivity index (χ3n) is 2.81. The Hall–Kier alpha value is -0.790. The molecule has 2 heteroatoms. The predicted molar refractivity (Wildman–Crippen MR) is 65.1 cm³/mol. The summed E-state index contributed by atoms with van der Waals surface area (Å²) in [5.74, 6) is 0. The maximum atomic E-state index is 5.95. The molecule has 0 spiro atoms. The molecule has 0 bridgehead atoms. The van der Waals surface area contributed by atoms with Gasteiger partial charge in [-0.25, -0.2) is 0 Å². The summed E-state index contributed by atoms with van der Waals surface area (Å²) < 4.78 is 0. The number of hydrogen-bond acceptors (Lipinski definition) is 1. The lowest BCUT2D eigenvalue weighted by Crippen LogP contribution is -2.20. The first-order valence-corrected chi connectivity index (χ1v) is 5.81. The molecule has 1 nitrogen and oxygen atoms in total. The molecule has 80 valence electrons. The van der Waals surface area contributed by atoms with Crippen molar-refractivity contribution in [3.05, 3.63) is 46.5 Å². The number of hydrogen-bond donors (Lipinski definition) is 1. The van der Waals surface area contributed by atoms with E-state index in [-0.39, 0.29) is 6.04 Å². The largest absolute Gasteiger partial charge is 0.324 e. The van der Waals surface area contributed by atoms with Gasteiger partial charge in [0.1, 0.15) is 0 Å². The lowest BCUT2D eigenvalue weighted by molar-refractivity contribution is 0.617. The van der Waals surface area contributed by atoms with E-state index in [9.17, 15) is 0 Å². The van der Waals surface area contributed by atoms with Crippen LogP contribution < -0.4 is 5.73 Å². The van der Waals surface area contributed by atoms with Gasteiger partial charge in [0.25, 0.3) is 0 Å². The van der Waals surface area contributed by atoms with E-state index in [4.69, 9.17) is 17.3 Å². The molecule has 0 amide bonds. The molecule has 0 saturated heterocycles. The number of halogens is 1. The highest BCUT2D eigenvalue weighted by molar-refractivity contribution is 6.30. The monoisotopic (exact) mass is 221 g/mol. The second kappa shape index (κ2) is 4.82. The van der Waals surface area contributed by atoms with Gasteiger partial charge in [0.05, 0.1) is 0 Å². The molecule has 1 atom stereocenters. The van der Waals surface area contributed by atoms with Crippen molar-refractivity contribution in [2.24, 2.45) is 5.73 Å². The number of allylic oxidation sites excluding steroid dienone is 1. The van der Waals surface area contributed by atoms with Crippen molar-refractivity contribution < 1.29 is 0 Å². The molecule has 2 rings (SSSR count). The standard InChI is InChI=1S/C13H16ClN/c14-12-5-1-3-10(8-12)7-11-4-2-6-13(15)9-11/h1,3,5,8-9,13H,2,4,6-7,15H2. The fourth-order valence-electron chi connectivity index (χ4n) is 2.09. The van der Waals surface area contributed by atoms with Crippen LogP contribution in [0.3, 0.4) is 0 Å². The first kappa shape index (κ1) is 10.7. The number of nitrogens with two attached hydrogens (primary N) is 1. The third-order valence-corrected chi connectivity index (χ3v) is 3.04. The van der Waals surface area contributed by atoms with Crippen LogP contribution in [0.4, 0.5) is 0 Å². The minimum Gasteiger partial charge on any atom is -0.324 e. The van der Waals surface area contributed by atoms with Gasteiger partial charge in [-0.2, -0.15) is 0 Å². The van der Waals surface area contributed by atoms with E-state index in [1.165, 1.54) is 24.0 Å². The van der Waals surface area contributed by atoms with E-state index in [1.54, 1.807) is 0 Å². The Labute approximate surface area is 95.9 Å². The average Bonchev–Trinajstić information content (AvgIpc) is 2.17. The summed E-state index contributed by atoms with van der Waals surface area (Å²) in [4.78, 5) is 0. The Bertz CT molecular complexity index is 371. The maximum Gasteiger partial charge on any atom is 0.0408 e. The Kier molecular flexibility index (Phi) is 3.45. The fraction of sp³-hybridized carbons (Fsp3) is 0.385. The zero-order valence-corrected chi connectivity index (χ0v) is 9.50. The van der Waals surface area contributed by atoms with Crippen LogP contribution in [0, 0.1) is 0 Å². The molecule has 15 heavy (non-hydrogen) atoms. The van der Waals surface area contributed by atoms with Crippen molar-refractivity contribution in [3.8, 4) is 0 Å². The molecule has 1 aliphatic carbocycles. The highest BCUT2D eigenvalue weighted by Gasteiger charge is 2.10. The zero-order chi connectivity index (χ0) is 10.7. The Morgan fingerprint density at radius 2 is 2.27 bits per heavy atom. The Morgan fingerprint density at radius 1 is 1.40 bits per heavy atom. The van der Waals surface area contributed by atoms with Gasteiger partial charge in [-0.05, 0) is 43.4 Å². The zero-order valence-electron chi connectivity index (χ0n) is 8.75. The first-order chi connectivity index (χ1) is 7.24. The molecule has 1 aromatic rings. The summed E-state index contributed by atoms with van der Waals surface area (Å²) in [6.07, 6.45) is 6.73. The highest BCUT2D eigenvalue weighted by atomic mass is 35.5. The molecule has 1 unspecified atom stereocenters. The maximum absolute atomic E-state index is 5.95. The van der Waals surface area contributed by atoms with Crippen molar-refractivity contribution in [2.75, 3.05) is 0 Å². The average molecular weight is 222 g/mol. The molecule has 1 aromatic carbocycles. The fourth-order valence-corrected chi connectivity index (χ4v) is 2.30. The Morgan fingerprint density at radius 3 is 3.00 bits per heavy atom. The van der Waals surface area contributed by atoms with E-state index in [2.05, 4.69) is 12.1 Å². The second-order valence-corrected chi connectivity index (χ2v) is 4.62. The summed E-state index contributed by atoms with van der Waals surface area (Å²) in [6.45, 7) is 0. The van der Waals surface area contributed by atoms with Gasteiger partial charge < -0.3 is 5.73 Å². The van der Waals surface area contributed by atoms with Crippen LogP contribution in [0.2, 0.25) is 5.02 Å². The van der Waals surface area contributed by atoms with Gasteiger partial charge >= 0.3 is 0 Å². The smallest absolute Gasteiger partial charge is 0.0408 e. The van der Waals surface area contributed by atoms with E-state index < -0.39 is 0 Å². The van der Waals surface area contributed by atoms with Crippen LogP contribution >= 0.6 is 11.6 Å². The molecular weight excluding hydrogens is 206 g/mol. The molecule has 0 aliphatic heterocycles. The second-order valence-electron chi connectivity index (χ2n) is 4.19. The van der Waals surface area contributed by atoms with Gasteiger partial charge in [-0.3, -0.25) is 0 Å². The topological polar surface area (TPSA) is 26.0 Å². The lowest BCUT2D eigenvalue weighted by Gasteiger charge is -2.17. The predicted octanol–water partition coefficient (Wildman–Crippen LogP) is 3.32. The van der Waals surface area contributed by atoms with Crippen LogP contribution in [0.25, 0.3) is 0 Å². The van der Waals surface area contributed by atoms with Crippen molar-refractivity contribution in [1.82, 2.24) is 0 Å². The highest BCUT2D eigenvalue weighted by Crippen LogP contribution is 2.22. The van der Waals surface area contributed by atoms with Gasteiger partial charge in [-0.15, -0.1) is 0 Å². The number of benzene rings is 1. The summed E-state index contributed by atoms with van der Waals surface area (Å²) in [6, 6.07) is 8.32. The SMILES string of the molecule is NC1C=C(Cc2cccc(Cl)c2)CCC1. The molecule has 0 radical (unpaired) electrons. The van der Waals surface area contributed by atoms with Gasteiger partial charge in [0, 0.05) is 11.1 Å². The van der Waals surface area contributed by atoms with Crippen LogP contribution in [-0.2, 0) is 6.42 Å². The van der Waals surface area contributed by atoms with E-state index in [1.807, 2.05) is 18.2 Å². The van der Waals surface area contributed by atoms with Crippen molar-refractivity contribution >= 4 is 11.6 Å². The minimum absolute atomic E-state index is 0.257. The molecule has 0 aromatic heterocycles. The molecular formula is C13H16ClN. The molecule has 0 saturated carbocycles. The number of rotatable bonds is 2. The van der Waals surface area contributed by atoms with E-state index in [0.717, 1.165) is 17.9 Å². The summed E-state index contributed by atoms with van der Waals surface area (Å²) >= 11 is 5.95. The first-order valence-electron chi connectivity index (χ1n) is 5.43. The summed E-state index contributed by atoms with van der Waals surface area (Å²) in [7, 11) is 0. The van der Waals surface area contributed by atoms with E-state index >= 15 is 0 Å². The van der Waals surface area contributed by atoms with Gasteiger partial charge in [-0.1, -0.05) is 35.4 Å². The molecule has 0 heterocycles. The lowest BCUT2D eigenvalue weighted by atomic mass is 9.92. The Balaban J connectivity index is 2.08. The summed E-state index contributed by atoms with van der Waals surface area (Å²) in [5.41, 5.74) is 8.64. The van der Waals surface area contributed by atoms with Crippen molar-refractivity contribution in [1.29, 1.82) is 0 Å². The molecule has 1 aliphatic rings. The third kappa shape index (κ3) is 3.08. The quantitative estimate of drug-likeness (QED) is 0.762.